The molecule has 0 atom stereocenters. The van der Waals surface area contributed by atoms with Gasteiger partial charge in [0.2, 0.25) is 5.78 Å². The smallest absolute Gasteiger partial charge is 0.267 e. The molecule has 36 heavy (non-hydrogen) atoms. The number of thioether (sulfide) groups is 1. The Bertz CT molecular complexity index is 1700. The van der Waals surface area contributed by atoms with Crippen LogP contribution in [0.3, 0.4) is 0 Å². The van der Waals surface area contributed by atoms with Crippen molar-refractivity contribution in [3.63, 3.8) is 0 Å². The number of hydrogen-bond acceptors (Lipinski definition) is 6. The van der Waals surface area contributed by atoms with Crippen LogP contribution < -0.4 is 5.56 Å². The highest BCUT2D eigenvalue weighted by Gasteiger charge is 2.34. The van der Waals surface area contributed by atoms with E-state index in [-0.39, 0.29) is 17.4 Å². The molecule has 9 heteroatoms. The van der Waals surface area contributed by atoms with E-state index in [4.69, 9.17) is 0 Å². The lowest BCUT2D eigenvalue weighted by Crippen LogP contribution is -2.31. The molecule has 0 saturated heterocycles. The summed E-state index contributed by atoms with van der Waals surface area (Å²) in [6.45, 7) is 2.28. The Morgan fingerprint density at radius 3 is 2.22 bits per heavy atom. The maximum atomic E-state index is 13.5. The zero-order valence-corrected chi connectivity index (χ0v) is 20.2. The Balaban J connectivity index is 1.31. The lowest BCUT2D eigenvalue weighted by molar-refractivity contribution is 0.0655. The number of carbonyl (C=O) groups excluding carboxylic acids is 2. The third-order valence-electron chi connectivity index (χ3n) is 6.39. The van der Waals surface area contributed by atoms with Crippen LogP contribution in [-0.2, 0) is 0 Å². The normalized spacial score (nSPS) is 13.2. The first-order valence-electron chi connectivity index (χ1n) is 11.6. The van der Waals surface area contributed by atoms with E-state index in [1.807, 2.05) is 59.9 Å². The van der Waals surface area contributed by atoms with Gasteiger partial charge in [-0.25, -0.2) is 4.57 Å². The quantitative estimate of drug-likeness (QED) is 0.200. The van der Waals surface area contributed by atoms with Gasteiger partial charge in [-0.15, -0.1) is 10.2 Å². The molecule has 3 heterocycles. The van der Waals surface area contributed by atoms with E-state index in [2.05, 4.69) is 10.2 Å². The summed E-state index contributed by atoms with van der Waals surface area (Å²) >= 11 is 1.48. The van der Waals surface area contributed by atoms with Crippen LogP contribution in [0.4, 0.5) is 0 Å². The molecule has 0 aliphatic carbocycles. The van der Waals surface area contributed by atoms with Gasteiger partial charge in [0.25, 0.3) is 17.4 Å². The molecule has 0 fully saturated rings. The van der Waals surface area contributed by atoms with Crippen LogP contribution in [-0.4, -0.2) is 48.2 Å². The number of rotatable bonds is 6. The molecule has 3 aromatic carbocycles. The van der Waals surface area contributed by atoms with Crippen molar-refractivity contribution in [3.05, 3.63) is 99.8 Å². The van der Waals surface area contributed by atoms with E-state index in [0.717, 1.165) is 16.8 Å². The maximum absolute atomic E-state index is 13.5. The molecule has 0 radical (unpaired) electrons. The lowest BCUT2D eigenvalue weighted by Gasteiger charge is -2.14. The number of aryl methyl sites for hydroxylation is 1. The molecule has 8 nitrogen and oxygen atoms in total. The number of amides is 2. The van der Waals surface area contributed by atoms with Crippen LogP contribution in [0.2, 0.25) is 0 Å². The van der Waals surface area contributed by atoms with Gasteiger partial charge in [0.15, 0.2) is 5.16 Å². The molecule has 0 N–H and O–H groups in total. The number of aromatic nitrogens is 4. The van der Waals surface area contributed by atoms with E-state index in [9.17, 15) is 14.4 Å². The minimum Gasteiger partial charge on any atom is -0.274 e. The van der Waals surface area contributed by atoms with Crippen molar-refractivity contribution in [2.24, 2.45) is 0 Å². The van der Waals surface area contributed by atoms with Crippen molar-refractivity contribution in [3.8, 4) is 5.69 Å². The molecule has 0 spiro atoms. The van der Waals surface area contributed by atoms with Crippen molar-refractivity contribution >= 4 is 40.3 Å². The summed E-state index contributed by atoms with van der Waals surface area (Å²) in [6, 6.07) is 22.0. The average molecular weight is 496 g/mol. The molecule has 5 aromatic rings. The fraction of sp³-hybridized carbons (Fsp3) is 0.148. The van der Waals surface area contributed by atoms with Crippen LogP contribution >= 0.6 is 11.8 Å². The molecule has 0 bridgehead atoms. The lowest BCUT2D eigenvalue weighted by atomic mass is 10.1. The van der Waals surface area contributed by atoms with Crippen LogP contribution in [0.5, 0.6) is 0 Å². The number of carbonyl (C=O) groups is 2. The highest BCUT2D eigenvalue weighted by molar-refractivity contribution is 7.99. The van der Waals surface area contributed by atoms with E-state index < -0.39 is 0 Å². The molecule has 6 rings (SSSR count). The molecule has 2 aromatic heterocycles. The molecular weight excluding hydrogens is 474 g/mol. The monoisotopic (exact) mass is 495 g/mol. The fourth-order valence-electron chi connectivity index (χ4n) is 4.63. The second kappa shape index (κ2) is 8.76. The zero-order valence-electron chi connectivity index (χ0n) is 19.4. The molecular formula is C27H21N5O3S. The van der Waals surface area contributed by atoms with Gasteiger partial charge in [-0.05, 0) is 49.2 Å². The number of hydrogen-bond donors (Lipinski definition) is 0. The van der Waals surface area contributed by atoms with Crippen LogP contribution in [0.1, 0.15) is 32.7 Å². The first-order chi connectivity index (χ1) is 17.6. The van der Waals surface area contributed by atoms with E-state index in [1.54, 1.807) is 28.8 Å². The standard InChI is InChI=1S/C27H21N5O3S/c1-17-9-2-6-13-21(17)31-25(35)20-12-5-7-14-22(20)32-26(31)28-29-27(32)36-16-8-15-30-23(33)18-10-3-4-11-19(18)24(30)34/h2-7,9-14H,8,15-16H2,1H3. The van der Waals surface area contributed by atoms with Crippen LogP contribution in [0.25, 0.3) is 22.4 Å². The van der Waals surface area contributed by atoms with E-state index in [1.165, 1.54) is 16.7 Å². The summed E-state index contributed by atoms with van der Waals surface area (Å²) in [5.41, 5.74) is 3.21. The van der Waals surface area contributed by atoms with Gasteiger partial charge in [-0.3, -0.25) is 23.7 Å². The number of benzene rings is 3. The predicted octanol–water partition coefficient (Wildman–Crippen LogP) is 4.12. The van der Waals surface area contributed by atoms with Gasteiger partial charge in [0.05, 0.1) is 27.7 Å². The summed E-state index contributed by atoms with van der Waals surface area (Å²) in [7, 11) is 0. The summed E-state index contributed by atoms with van der Waals surface area (Å²) < 4.78 is 3.50. The third kappa shape index (κ3) is 3.43. The van der Waals surface area contributed by atoms with Crippen LogP contribution in [0.15, 0.2) is 82.7 Å². The Hall–Kier alpha value is -4.24. The average Bonchev–Trinajstić information content (AvgIpc) is 3.42. The first kappa shape index (κ1) is 22.2. The second-order valence-corrected chi connectivity index (χ2v) is 9.63. The SMILES string of the molecule is Cc1ccccc1-n1c(=O)c2ccccc2n2c(SCCCN3C(=O)c4ccccc4C3=O)nnc12. The van der Waals surface area contributed by atoms with Gasteiger partial charge in [0.1, 0.15) is 0 Å². The molecule has 1 aliphatic rings. The predicted molar refractivity (Wildman–Crippen MR) is 138 cm³/mol. The molecule has 1 aliphatic heterocycles. The van der Waals surface area contributed by atoms with Gasteiger partial charge in [0, 0.05) is 12.3 Å². The molecule has 2 amide bonds. The van der Waals surface area contributed by atoms with Crippen molar-refractivity contribution in [1.82, 2.24) is 24.1 Å². The fourth-order valence-corrected chi connectivity index (χ4v) is 5.50. The molecule has 178 valence electrons. The van der Waals surface area contributed by atoms with Gasteiger partial charge < -0.3 is 0 Å². The Morgan fingerprint density at radius 1 is 0.806 bits per heavy atom. The third-order valence-corrected chi connectivity index (χ3v) is 7.40. The number of imide groups is 1. The summed E-state index contributed by atoms with van der Waals surface area (Å²) in [5, 5.41) is 10.0. The maximum Gasteiger partial charge on any atom is 0.267 e. The van der Waals surface area contributed by atoms with Gasteiger partial charge >= 0.3 is 0 Å². The van der Waals surface area contributed by atoms with Crippen molar-refractivity contribution in [2.45, 2.75) is 18.5 Å². The first-order valence-corrected chi connectivity index (χ1v) is 12.6. The number of nitrogens with zero attached hydrogens (tertiary/aromatic N) is 5. The van der Waals surface area contributed by atoms with E-state index in [0.29, 0.717) is 46.2 Å². The minimum absolute atomic E-state index is 0.151. The van der Waals surface area contributed by atoms with E-state index >= 15 is 0 Å². The summed E-state index contributed by atoms with van der Waals surface area (Å²) in [4.78, 5) is 40.0. The largest absolute Gasteiger partial charge is 0.274 e. The zero-order chi connectivity index (χ0) is 24.8. The minimum atomic E-state index is -0.248. The Kier molecular flexibility index (Phi) is 5.41. The van der Waals surface area contributed by atoms with Gasteiger partial charge in [-0.2, -0.15) is 0 Å². The molecule has 0 saturated carbocycles. The van der Waals surface area contributed by atoms with Crippen LogP contribution in [0, 0.1) is 6.92 Å². The topological polar surface area (TPSA) is 89.6 Å². The number of fused-ring (bicyclic) bond motifs is 4. The van der Waals surface area contributed by atoms with Gasteiger partial charge in [-0.1, -0.05) is 54.2 Å². The summed E-state index contributed by atoms with van der Waals surface area (Å²) in [5.74, 6) is 0.561. The number of para-hydroxylation sites is 2. The molecule has 0 unspecified atom stereocenters. The summed E-state index contributed by atoms with van der Waals surface area (Å²) in [6.07, 6.45) is 0.598. The van der Waals surface area contributed by atoms with Crippen molar-refractivity contribution in [2.75, 3.05) is 12.3 Å². The van der Waals surface area contributed by atoms with Crippen molar-refractivity contribution < 1.29 is 9.59 Å². The highest BCUT2D eigenvalue weighted by atomic mass is 32.2. The highest BCUT2D eigenvalue weighted by Crippen LogP contribution is 2.26. The van der Waals surface area contributed by atoms with Crippen molar-refractivity contribution in [1.29, 1.82) is 0 Å². The Labute approximate surface area is 210 Å². The Morgan fingerprint density at radius 2 is 1.47 bits per heavy atom. The second-order valence-electron chi connectivity index (χ2n) is 8.57.